The Morgan fingerprint density at radius 2 is 2.36 bits per heavy atom. The van der Waals surface area contributed by atoms with E-state index in [9.17, 15) is 9.90 Å². The smallest absolute Gasteiger partial charge is 0.170 e. The van der Waals surface area contributed by atoms with Gasteiger partial charge in [0.05, 0.1) is 0 Å². The lowest BCUT2D eigenvalue weighted by Gasteiger charge is -2.24. The number of benzene rings is 1. The highest BCUT2D eigenvalue weighted by atomic mass is 16.5. The summed E-state index contributed by atoms with van der Waals surface area (Å²) in [4.78, 5) is 11.1. The van der Waals surface area contributed by atoms with E-state index in [4.69, 9.17) is 4.74 Å². The molecule has 0 bridgehead atoms. The van der Waals surface area contributed by atoms with Crippen LogP contribution in [0.5, 0.6) is 11.5 Å². The molecule has 0 amide bonds. The summed E-state index contributed by atoms with van der Waals surface area (Å²) < 4.78 is 5.49. The molecule has 14 heavy (non-hydrogen) atoms. The summed E-state index contributed by atoms with van der Waals surface area (Å²) in [6, 6.07) is 4.97. The molecule has 1 unspecified atom stereocenters. The zero-order valence-electron chi connectivity index (χ0n) is 7.99. The van der Waals surface area contributed by atoms with Crippen molar-refractivity contribution in [2.75, 3.05) is 0 Å². The van der Waals surface area contributed by atoms with Crippen LogP contribution in [0.15, 0.2) is 18.2 Å². The van der Waals surface area contributed by atoms with Crippen molar-refractivity contribution in [2.45, 2.75) is 25.9 Å². The van der Waals surface area contributed by atoms with Crippen molar-refractivity contribution in [2.24, 2.45) is 0 Å². The van der Waals surface area contributed by atoms with E-state index in [1.54, 1.807) is 18.2 Å². The maximum atomic E-state index is 11.1. The third-order valence-corrected chi connectivity index (χ3v) is 2.44. The SMILES string of the molecule is CC(=O)C1CCc2cc(O)ccc2O1. The average Bonchev–Trinajstić information content (AvgIpc) is 2.16. The molecule has 0 saturated carbocycles. The van der Waals surface area contributed by atoms with Gasteiger partial charge in [-0.25, -0.2) is 0 Å². The summed E-state index contributed by atoms with van der Waals surface area (Å²) >= 11 is 0. The zero-order chi connectivity index (χ0) is 10.1. The Kier molecular flexibility index (Phi) is 2.15. The van der Waals surface area contributed by atoms with Gasteiger partial charge in [0.15, 0.2) is 11.9 Å². The number of aromatic hydroxyl groups is 1. The molecule has 1 N–H and O–H groups in total. The molecule has 1 aliphatic rings. The van der Waals surface area contributed by atoms with Gasteiger partial charge in [0.2, 0.25) is 0 Å². The molecule has 1 aromatic carbocycles. The molecular formula is C11H12O3. The minimum atomic E-state index is -0.313. The summed E-state index contributed by atoms with van der Waals surface area (Å²) in [5.41, 5.74) is 0.975. The van der Waals surface area contributed by atoms with Gasteiger partial charge in [0, 0.05) is 0 Å². The van der Waals surface area contributed by atoms with Crippen molar-refractivity contribution in [3.05, 3.63) is 23.8 Å². The fourth-order valence-electron chi connectivity index (χ4n) is 1.66. The summed E-state index contributed by atoms with van der Waals surface area (Å²) in [6.45, 7) is 1.54. The van der Waals surface area contributed by atoms with Crippen molar-refractivity contribution < 1.29 is 14.6 Å². The average molecular weight is 192 g/mol. The van der Waals surface area contributed by atoms with Crippen LogP contribution in [0, 0.1) is 0 Å². The Bertz CT molecular complexity index is 371. The first-order chi connectivity index (χ1) is 6.66. The molecule has 1 heterocycles. The van der Waals surface area contributed by atoms with Gasteiger partial charge in [-0.15, -0.1) is 0 Å². The number of Topliss-reactive ketones (excluding diaryl/α,β-unsaturated/α-hetero) is 1. The molecular weight excluding hydrogens is 180 g/mol. The number of carbonyl (C=O) groups excluding carboxylic acids is 1. The lowest BCUT2D eigenvalue weighted by atomic mass is 10.0. The van der Waals surface area contributed by atoms with Gasteiger partial charge < -0.3 is 9.84 Å². The molecule has 1 aromatic rings. The Morgan fingerprint density at radius 3 is 3.07 bits per heavy atom. The van der Waals surface area contributed by atoms with Crippen LogP contribution in [0.2, 0.25) is 0 Å². The zero-order valence-corrected chi connectivity index (χ0v) is 7.99. The van der Waals surface area contributed by atoms with Crippen LogP contribution >= 0.6 is 0 Å². The molecule has 0 radical (unpaired) electrons. The number of phenolic OH excluding ortho intramolecular Hbond substituents is 1. The highest BCUT2D eigenvalue weighted by molar-refractivity contribution is 5.81. The van der Waals surface area contributed by atoms with Gasteiger partial charge in [-0.2, -0.15) is 0 Å². The molecule has 0 aliphatic carbocycles. The van der Waals surface area contributed by atoms with E-state index in [1.807, 2.05) is 0 Å². The predicted molar refractivity (Wildman–Crippen MR) is 51.5 cm³/mol. The van der Waals surface area contributed by atoms with E-state index >= 15 is 0 Å². The Morgan fingerprint density at radius 1 is 1.57 bits per heavy atom. The molecule has 74 valence electrons. The molecule has 0 spiro atoms. The van der Waals surface area contributed by atoms with E-state index in [0.29, 0.717) is 12.2 Å². The topological polar surface area (TPSA) is 46.5 Å². The predicted octanol–water partition coefficient (Wildman–Crippen LogP) is 1.67. The largest absolute Gasteiger partial charge is 0.508 e. The van der Waals surface area contributed by atoms with Crippen LogP contribution in [0.4, 0.5) is 0 Å². The number of ether oxygens (including phenoxy) is 1. The van der Waals surface area contributed by atoms with Crippen LogP contribution < -0.4 is 4.74 Å². The van der Waals surface area contributed by atoms with Crippen molar-refractivity contribution in [3.63, 3.8) is 0 Å². The first-order valence-corrected chi connectivity index (χ1v) is 4.66. The van der Waals surface area contributed by atoms with Gasteiger partial charge >= 0.3 is 0 Å². The fraction of sp³-hybridized carbons (Fsp3) is 0.364. The second-order valence-electron chi connectivity index (χ2n) is 3.55. The highest BCUT2D eigenvalue weighted by Gasteiger charge is 2.23. The van der Waals surface area contributed by atoms with E-state index in [-0.39, 0.29) is 17.6 Å². The molecule has 0 aromatic heterocycles. The minimum Gasteiger partial charge on any atom is -0.508 e. The van der Waals surface area contributed by atoms with Crippen molar-refractivity contribution in [1.29, 1.82) is 0 Å². The number of hydrogen-bond acceptors (Lipinski definition) is 3. The summed E-state index contributed by atoms with van der Waals surface area (Å²) in [5.74, 6) is 1.02. The number of phenols is 1. The highest BCUT2D eigenvalue weighted by Crippen LogP contribution is 2.30. The van der Waals surface area contributed by atoms with Crippen LogP contribution in [0.1, 0.15) is 18.9 Å². The number of fused-ring (bicyclic) bond motifs is 1. The van der Waals surface area contributed by atoms with Crippen LogP contribution in [0.3, 0.4) is 0 Å². The number of carbonyl (C=O) groups is 1. The van der Waals surface area contributed by atoms with E-state index in [1.165, 1.54) is 6.92 Å². The van der Waals surface area contributed by atoms with Crippen LogP contribution in [-0.2, 0) is 11.2 Å². The molecule has 1 atom stereocenters. The standard InChI is InChI=1S/C11H12O3/c1-7(12)10-4-2-8-6-9(13)3-5-11(8)14-10/h3,5-6,10,13H,2,4H2,1H3. The molecule has 0 fully saturated rings. The maximum Gasteiger partial charge on any atom is 0.170 e. The van der Waals surface area contributed by atoms with Gasteiger partial charge in [-0.05, 0) is 43.5 Å². The number of aryl methyl sites for hydroxylation is 1. The van der Waals surface area contributed by atoms with Crippen molar-refractivity contribution in [1.82, 2.24) is 0 Å². The van der Waals surface area contributed by atoms with Crippen molar-refractivity contribution >= 4 is 5.78 Å². The van der Waals surface area contributed by atoms with Gasteiger partial charge in [-0.3, -0.25) is 4.79 Å². The Balaban J connectivity index is 2.27. The minimum absolute atomic E-state index is 0.0590. The van der Waals surface area contributed by atoms with Gasteiger partial charge in [-0.1, -0.05) is 0 Å². The van der Waals surface area contributed by atoms with E-state index in [0.717, 1.165) is 12.0 Å². The summed E-state index contributed by atoms with van der Waals surface area (Å²) in [6.07, 6.45) is 1.17. The van der Waals surface area contributed by atoms with E-state index < -0.39 is 0 Å². The number of ketones is 1. The number of hydrogen-bond donors (Lipinski definition) is 1. The normalized spacial score (nSPS) is 19.6. The summed E-state index contributed by atoms with van der Waals surface area (Å²) in [5, 5.41) is 9.24. The van der Waals surface area contributed by atoms with Crippen LogP contribution in [0.25, 0.3) is 0 Å². The van der Waals surface area contributed by atoms with Crippen LogP contribution in [-0.4, -0.2) is 17.0 Å². The molecule has 3 nitrogen and oxygen atoms in total. The summed E-state index contributed by atoms with van der Waals surface area (Å²) in [7, 11) is 0. The second-order valence-corrected chi connectivity index (χ2v) is 3.55. The Hall–Kier alpha value is -1.51. The quantitative estimate of drug-likeness (QED) is 0.736. The second kappa shape index (κ2) is 3.33. The molecule has 3 heteroatoms. The van der Waals surface area contributed by atoms with Gasteiger partial charge in [0.25, 0.3) is 0 Å². The molecule has 0 saturated heterocycles. The first-order valence-electron chi connectivity index (χ1n) is 4.66. The molecule has 1 aliphatic heterocycles. The fourth-order valence-corrected chi connectivity index (χ4v) is 1.66. The number of rotatable bonds is 1. The monoisotopic (exact) mass is 192 g/mol. The van der Waals surface area contributed by atoms with E-state index in [2.05, 4.69) is 0 Å². The van der Waals surface area contributed by atoms with Crippen molar-refractivity contribution in [3.8, 4) is 11.5 Å². The lowest BCUT2D eigenvalue weighted by molar-refractivity contribution is -0.124. The van der Waals surface area contributed by atoms with Gasteiger partial charge in [0.1, 0.15) is 11.5 Å². The maximum absolute atomic E-state index is 11.1. The third kappa shape index (κ3) is 1.58. The first kappa shape index (κ1) is 9.06. The lowest BCUT2D eigenvalue weighted by Crippen LogP contribution is -2.29. The third-order valence-electron chi connectivity index (χ3n) is 2.44. The molecule has 2 rings (SSSR count). The Labute approximate surface area is 82.3 Å².